The average Bonchev–Trinajstić information content (AvgIpc) is 3.49. The topological polar surface area (TPSA) is 110 Å². The fraction of sp³-hybridized carbons (Fsp3) is 0.500. The Hall–Kier alpha value is -3.27. The molecule has 2 N–H and O–H groups in total. The standard InChI is InChI=1S/C22H28N8O2/c1-4-32-20-16(9-24-21(28-20)29-8-6-22(13-29)5-7-23-12-22)19(31)27-17-11-30-10-14(2)25-18(30)15(3)26-17/h9-11,23H,4-8,12-13H2,1-3H3,(H,27,31). The van der Waals surface area contributed by atoms with Gasteiger partial charge in [0.2, 0.25) is 11.8 Å². The van der Waals surface area contributed by atoms with Gasteiger partial charge in [0.15, 0.2) is 5.65 Å². The Morgan fingerprint density at radius 1 is 1.25 bits per heavy atom. The third-order valence-corrected chi connectivity index (χ3v) is 6.29. The van der Waals surface area contributed by atoms with Crippen LogP contribution in [-0.2, 0) is 0 Å². The van der Waals surface area contributed by atoms with Crippen LogP contribution in [0, 0.1) is 19.3 Å². The molecule has 2 aliphatic rings. The fourth-order valence-electron chi connectivity index (χ4n) is 4.68. The molecule has 10 heteroatoms. The van der Waals surface area contributed by atoms with Gasteiger partial charge < -0.3 is 24.7 Å². The molecular weight excluding hydrogens is 408 g/mol. The van der Waals surface area contributed by atoms with Crippen LogP contribution in [0.2, 0.25) is 0 Å². The third-order valence-electron chi connectivity index (χ3n) is 6.29. The van der Waals surface area contributed by atoms with Crippen LogP contribution >= 0.6 is 0 Å². The van der Waals surface area contributed by atoms with E-state index in [0.717, 1.165) is 49.6 Å². The van der Waals surface area contributed by atoms with Crippen molar-refractivity contribution in [1.29, 1.82) is 0 Å². The van der Waals surface area contributed by atoms with Crippen LogP contribution in [0.15, 0.2) is 18.6 Å². The number of imidazole rings is 1. The van der Waals surface area contributed by atoms with Crippen LogP contribution in [0.1, 0.15) is 41.5 Å². The zero-order chi connectivity index (χ0) is 22.3. The Bertz CT molecular complexity index is 1170. The number of aryl methyl sites for hydroxylation is 2. The summed E-state index contributed by atoms with van der Waals surface area (Å²) in [5.41, 5.74) is 2.98. The van der Waals surface area contributed by atoms with Crippen molar-refractivity contribution < 1.29 is 9.53 Å². The Balaban J connectivity index is 1.38. The minimum Gasteiger partial charge on any atom is -0.477 e. The van der Waals surface area contributed by atoms with Gasteiger partial charge in [-0.15, -0.1) is 0 Å². The maximum absolute atomic E-state index is 13.0. The van der Waals surface area contributed by atoms with E-state index in [1.54, 1.807) is 12.4 Å². The number of aromatic nitrogens is 5. The maximum Gasteiger partial charge on any atom is 0.263 e. The highest BCUT2D eigenvalue weighted by molar-refractivity contribution is 6.05. The van der Waals surface area contributed by atoms with Crippen molar-refractivity contribution in [3.05, 3.63) is 35.5 Å². The second-order valence-electron chi connectivity index (χ2n) is 8.70. The molecule has 1 atom stereocenters. The van der Waals surface area contributed by atoms with E-state index in [2.05, 4.69) is 35.5 Å². The van der Waals surface area contributed by atoms with Gasteiger partial charge in [-0.2, -0.15) is 4.98 Å². The van der Waals surface area contributed by atoms with Gasteiger partial charge in [-0.3, -0.25) is 4.79 Å². The SMILES string of the molecule is CCOc1nc(N2CCC3(CCNC3)C2)ncc1C(=O)Nc1cn2cc(C)nc2c(C)n1. The quantitative estimate of drug-likeness (QED) is 0.625. The van der Waals surface area contributed by atoms with Crippen LogP contribution in [0.25, 0.3) is 5.65 Å². The third kappa shape index (κ3) is 3.75. The van der Waals surface area contributed by atoms with E-state index in [1.807, 2.05) is 31.4 Å². The summed E-state index contributed by atoms with van der Waals surface area (Å²) in [4.78, 5) is 33.3. The monoisotopic (exact) mass is 436 g/mol. The predicted molar refractivity (Wildman–Crippen MR) is 120 cm³/mol. The molecule has 1 amide bonds. The lowest BCUT2D eigenvalue weighted by Gasteiger charge is -2.23. The molecular formula is C22H28N8O2. The van der Waals surface area contributed by atoms with E-state index < -0.39 is 0 Å². The van der Waals surface area contributed by atoms with Crippen LogP contribution < -0.4 is 20.3 Å². The van der Waals surface area contributed by atoms with Gasteiger partial charge in [0.05, 0.1) is 24.2 Å². The smallest absolute Gasteiger partial charge is 0.263 e. The normalized spacial score (nSPS) is 20.4. The molecule has 1 spiro atoms. The van der Waals surface area contributed by atoms with Gasteiger partial charge in [0, 0.05) is 37.4 Å². The zero-order valence-corrected chi connectivity index (χ0v) is 18.7. The number of fused-ring (bicyclic) bond motifs is 1. The first-order valence-corrected chi connectivity index (χ1v) is 11.1. The molecule has 5 rings (SSSR count). The number of ether oxygens (including phenoxy) is 1. The summed E-state index contributed by atoms with van der Waals surface area (Å²) in [5.74, 6) is 0.968. The summed E-state index contributed by atoms with van der Waals surface area (Å²) in [6.45, 7) is 10.00. The molecule has 1 unspecified atom stereocenters. The molecule has 5 heterocycles. The molecule has 3 aromatic rings. The van der Waals surface area contributed by atoms with Crippen LogP contribution in [-0.4, -0.2) is 63.0 Å². The Morgan fingerprint density at radius 3 is 2.91 bits per heavy atom. The number of hydrogen-bond donors (Lipinski definition) is 2. The summed E-state index contributed by atoms with van der Waals surface area (Å²) in [6, 6.07) is 0. The number of nitrogens with zero attached hydrogens (tertiary/aromatic N) is 6. The Morgan fingerprint density at radius 2 is 2.12 bits per heavy atom. The van der Waals surface area contributed by atoms with Crippen molar-refractivity contribution in [3.63, 3.8) is 0 Å². The van der Waals surface area contributed by atoms with Crippen molar-refractivity contribution in [2.75, 3.05) is 43.0 Å². The van der Waals surface area contributed by atoms with Crippen molar-refractivity contribution in [2.24, 2.45) is 5.41 Å². The molecule has 0 radical (unpaired) electrons. The Labute approximate surface area is 186 Å². The summed E-state index contributed by atoms with van der Waals surface area (Å²) in [5, 5.41) is 6.31. The number of hydrogen-bond acceptors (Lipinski definition) is 8. The molecule has 3 aromatic heterocycles. The van der Waals surface area contributed by atoms with Gasteiger partial charge in [-0.1, -0.05) is 0 Å². The highest BCUT2D eigenvalue weighted by Crippen LogP contribution is 2.37. The summed E-state index contributed by atoms with van der Waals surface area (Å²) in [6.07, 6.45) is 7.49. The number of rotatable bonds is 5. The first kappa shape index (κ1) is 20.6. The largest absolute Gasteiger partial charge is 0.477 e. The minimum atomic E-state index is -0.360. The lowest BCUT2D eigenvalue weighted by molar-refractivity contribution is 0.102. The van der Waals surface area contributed by atoms with E-state index in [-0.39, 0.29) is 17.4 Å². The molecule has 2 aliphatic heterocycles. The second-order valence-corrected chi connectivity index (χ2v) is 8.70. The number of carbonyl (C=O) groups excluding carboxylic acids is 1. The molecule has 0 bridgehead atoms. The molecule has 0 aromatic carbocycles. The van der Waals surface area contributed by atoms with Crippen LogP contribution in [0.4, 0.5) is 11.8 Å². The van der Waals surface area contributed by atoms with Crippen LogP contribution in [0.5, 0.6) is 5.88 Å². The van der Waals surface area contributed by atoms with Gasteiger partial charge in [0.25, 0.3) is 5.91 Å². The number of amides is 1. The molecule has 0 aliphatic carbocycles. The molecule has 32 heavy (non-hydrogen) atoms. The first-order chi connectivity index (χ1) is 15.5. The van der Waals surface area contributed by atoms with Gasteiger partial charge in [-0.25, -0.2) is 15.0 Å². The lowest BCUT2D eigenvalue weighted by Crippen LogP contribution is -2.30. The van der Waals surface area contributed by atoms with Gasteiger partial charge >= 0.3 is 0 Å². The van der Waals surface area contributed by atoms with Crippen molar-refractivity contribution >= 4 is 23.3 Å². The highest BCUT2D eigenvalue weighted by atomic mass is 16.5. The molecule has 10 nitrogen and oxygen atoms in total. The van der Waals surface area contributed by atoms with E-state index >= 15 is 0 Å². The maximum atomic E-state index is 13.0. The van der Waals surface area contributed by atoms with Crippen molar-refractivity contribution in [2.45, 2.75) is 33.6 Å². The van der Waals surface area contributed by atoms with Crippen LogP contribution in [0.3, 0.4) is 0 Å². The average molecular weight is 437 g/mol. The lowest BCUT2D eigenvalue weighted by atomic mass is 9.87. The predicted octanol–water partition coefficient (Wildman–Crippen LogP) is 1.98. The van der Waals surface area contributed by atoms with E-state index in [0.29, 0.717) is 23.8 Å². The van der Waals surface area contributed by atoms with Gasteiger partial charge in [-0.05, 0) is 40.2 Å². The molecule has 2 fully saturated rings. The molecule has 0 saturated carbocycles. The summed E-state index contributed by atoms with van der Waals surface area (Å²) < 4.78 is 7.58. The summed E-state index contributed by atoms with van der Waals surface area (Å²) >= 11 is 0. The minimum absolute atomic E-state index is 0.286. The number of anilines is 2. The zero-order valence-electron chi connectivity index (χ0n) is 18.7. The highest BCUT2D eigenvalue weighted by Gasteiger charge is 2.41. The van der Waals surface area contributed by atoms with Crippen molar-refractivity contribution in [3.8, 4) is 5.88 Å². The Kier molecular flexibility index (Phi) is 5.16. The number of nitrogens with one attached hydrogen (secondary N) is 2. The summed E-state index contributed by atoms with van der Waals surface area (Å²) in [7, 11) is 0. The second kappa shape index (κ2) is 8.01. The van der Waals surface area contributed by atoms with Crippen molar-refractivity contribution in [1.82, 2.24) is 29.7 Å². The molecule has 2 saturated heterocycles. The molecule has 168 valence electrons. The number of carbonyl (C=O) groups is 1. The fourth-order valence-corrected chi connectivity index (χ4v) is 4.68. The van der Waals surface area contributed by atoms with E-state index in [4.69, 9.17) is 4.74 Å². The van der Waals surface area contributed by atoms with Gasteiger partial charge in [0.1, 0.15) is 11.4 Å². The first-order valence-electron chi connectivity index (χ1n) is 11.1. The van der Waals surface area contributed by atoms with E-state index in [9.17, 15) is 4.79 Å². The van der Waals surface area contributed by atoms with E-state index in [1.165, 1.54) is 6.42 Å².